The molecule has 0 fully saturated rings. The summed E-state index contributed by atoms with van der Waals surface area (Å²) in [6.45, 7) is 29.8. The van der Waals surface area contributed by atoms with Crippen LogP contribution in [0, 0.1) is 0 Å². The van der Waals surface area contributed by atoms with Crippen LogP contribution in [0.2, 0.25) is 0 Å². The molecule has 8 bridgehead atoms. The molecule has 0 atom stereocenters. The molecule has 9 rings (SSSR count). The Hall–Kier alpha value is -6.61. The van der Waals surface area contributed by atoms with Gasteiger partial charge in [-0.15, -0.1) is 0 Å². The van der Waals surface area contributed by atoms with E-state index in [1.807, 2.05) is 12.1 Å². The van der Waals surface area contributed by atoms with Crippen molar-refractivity contribution in [2.45, 2.75) is 160 Å². The summed E-state index contributed by atoms with van der Waals surface area (Å²) in [4.78, 5) is 49.1. The van der Waals surface area contributed by atoms with Crippen molar-refractivity contribution < 1.29 is 47.8 Å². The molecule has 4 aliphatic rings. The molecular formula is C64H87ClN10O4V. The molecule has 0 saturated carbocycles. The molecule has 0 spiro atoms. The summed E-state index contributed by atoms with van der Waals surface area (Å²) in [6.07, 6.45) is 23.4. The van der Waals surface area contributed by atoms with Gasteiger partial charge in [-0.25, -0.2) is 19.3 Å². The predicted molar refractivity (Wildman–Crippen MR) is 325 cm³/mol. The van der Waals surface area contributed by atoms with Crippen LogP contribution in [0.25, 0.3) is 80.3 Å². The second-order valence-electron chi connectivity index (χ2n) is 18.5. The Morgan fingerprint density at radius 2 is 0.938 bits per heavy atom. The SMILES string of the molecule is C1=Cc2nc1nc1ccc(nc3nc(nc4ccc(n2)[n-]4)C=C3)[n-]1.CCCCC.CCCCC.CCCCC.CCCCC.CCN(CC)c1ccc2c(-c3ccccc3C(=O)O)c3ccc(=[N+](CC)CC)cc-3oc2c1.[Cl-].[O]=[V+2]. The van der Waals surface area contributed by atoms with Crippen LogP contribution in [0.15, 0.2) is 89.3 Å². The van der Waals surface area contributed by atoms with Crippen molar-refractivity contribution in [3.63, 3.8) is 0 Å². The fourth-order valence-corrected chi connectivity index (χ4v) is 8.36. The maximum atomic E-state index is 12.1. The van der Waals surface area contributed by atoms with Gasteiger partial charge in [0.25, 0.3) is 0 Å². The quantitative estimate of drug-likeness (QED) is 0.0758. The summed E-state index contributed by atoms with van der Waals surface area (Å²) in [5.74, 6) is 1.96. The van der Waals surface area contributed by atoms with E-state index < -0.39 is 5.97 Å². The van der Waals surface area contributed by atoms with Crippen LogP contribution in [0.3, 0.4) is 0 Å². The zero-order valence-electron chi connectivity index (χ0n) is 49.7. The molecule has 80 heavy (non-hydrogen) atoms. The molecule has 1 N–H and O–H groups in total. The van der Waals surface area contributed by atoms with Gasteiger partial charge < -0.3 is 56.7 Å². The average Bonchev–Trinajstić information content (AvgIpc) is 4.40. The van der Waals surface area contributed by atoms with Gasteiger partial charge in [-0.1, -0.05) is 151 Å². The second kappa shape index (κ2) is 39.7. The summed E-state index contributed by atoms with van der Waals surface area (Å²) in [6, 6.07) is 26.7. The van der Waals surface area contributed by atoms with Crippen molar-refractivity contribution >= 4 is 69.5 Å². The fraction of sp³-hybridized carbons (Fsp3) is 0.438. The van der Waals surface area contributed by atoms with E-state index in [1.54, 1.807) is 60.7 Å². The van der Waals surface area contributed by atoms with Crippen LogP contribution < -0.4 is 37.2 Å². The minimum absolute atomic E-state index is 0. The number of aromatic carboxylic acids is 1. The third kappa shape index (κ3) is 22.1. The van der Waals surface area contributed by atoms with E-state index in [4.69, 9.17) is 8.09 Å². The van der Waals surface area contributed by atoms with Gasteiger partial charge in [0.2, 0.25) is 5.36 Å². The van der Waals surface area contributed by atoms with E-state index in [2.05, 4.69) is 169 Å². The van der Waals surface area contributed by atoms with E-state index in [9.17, 15) is 9.90 Å². The third-order valence-electron chi connectivity index (χ3n) is 12.6. The number of carboxylic acids is 1. The fourth-order valence-electron chi connectivity index (χ4n) is 8.36. The minimum atomic E-state index is -0.938. The molecule has 429 valence electrons. The standard InChI is InChI=1S/C28H30N2O3.C16H8N8.4C5H12.ClH.O.V/c1-5-29(6-2)19-13-15-23-25(17-19)33-26-18-20(30(7-3)8-4)14-16-24(26)27(23)21-11-9-10-12-22(21)28(31)32;1-2-10-17-9(1)21-11-3-4-13(18-11)23-15-7-8-16(20-15)24-14-6-5-12(19-14)22-10;4*1-3-5-4-2;;;/h9-18H,5-8H2,1-4H3;1-8H;4*3-5H2,1-2H3;1H;;/q;-2;;;;;;;+2. The van der Waals surface area contributed by atoms with Crippen molar-refractivity contribution in [3.8, 4) is 22.5 Å². The number of halogens is 1. The van der Waals surface area contributed by atoms with Crippen molar-refractivity contribution in [2.24, 2.45) is 0 Å². The van der Waals surface area contributed by atoms with Crippen molar-refractivity contribution in [3.05, 3.63) is 119 Å². The van der Waals surface area contributed by atoms with E-state index in [-0.39, 0.29) is 18.0 Å². The van der Waals surface area contributed by atoms with E-state index in [1.165, 1.54) is 77.0 Å². The number of hydrogen-bond acceptors (Lipinski definition) is 10. The first-order valence-corrected chi connectivity index (χ1v) is 29.3. The Morgan fingerprint density at radius 3 is 1.30 bits per heavy atom. The van der Waals surface area contributed by atoms with Crippen molar-refractivity contribution in [1.29, 1.82) is 0 Å². The second-order valence-corrected chi connectivity index (χ2v) is 18.5. The van der Waals surface area contributed by atoms with Gasteiger partial charge in [0.1, 0.15) is 24.4 Å². The first-order chi connectivity index (χ1) is 38.5. The Labute approximate surface area is 491 Å². The predicted octanol–water partition coefficient (Wildman–Crippen LogP) is 12.7. The van der Waals surface area contributed by atoms with Gasteiger partial charge in [0.05, 0.1) is 34.9 Å². The number of benzene rings is 3. The molecule has 3 aliphatic heterocycles. The molecule has 6 heterocycles. The monoisotopic (exact) mass is 1150 g/mol. The molecular weight excluding hydrogens is 1060 g/mol. The molecule has 14 nitrogen and oxygen atoms in total. The number of nitrogens with zero attached hydrogens (tertiary/aromatic N) is 10. The van der Waals surface area contributed by atoms with Gasteiger partial charge in [0.15, 0.2) is 0 Å². The molecule has 5 aromatic rings. The van der Waals surface area contributed by atoms with Gasteiger partial charge in [-0.2, -0.15) is 0 Å². The molecule has 0 saturated heterocycles. The molecule has 3 aromatic heterocycles. The van der Waals surface area contributed by atoms with Gasteiger partial charge in [0, 0.05) is 70.0 Å². The number of carboxylic acid groups (broad SMARTS) is 1. The van der Waals surface area contributed by atoms with E-state index in [0.29, 0.717) is 51.4 Å². The average molecular weight is 1150 g/mol. The number of carbonyl (C=O) groups is 1. The van der Waals surface area contributed by atoms with Crippen LogP contribution in [0.5, 0.6) is 0 Å². The van der Waals surface area contributed by atoms with Gasteiger partial charge in [-0.3, -0.25) is 0 Å². The molecule has 16 heteroatoms. The summed E-state index contributed by atoms with van der Waals surface area (Å²) in [7, 11) is 0. The number of fused-ring (bicyclic) bond motifs is 10. The van der Waals surface area contributed by atoms with Gasteiger partial charge >= 0.3 is 27.0 Å². The van der Waals surface area contributed by atoms with Crippen LogP contribution >= 0.6 is 0 Å². The van der Waals surface area contributed by atoms with Crippen molar-refractivity contribution in [1.82, 2.24) is 44.4 Å². The Bertz CT molecular complexity index is 2970. The van der Waals surface area contributed by atoms with Crippen LogP contribution in [-0.2, 0) is 21.0 Å². The van der Waals surface area contributed by atoms with Crippen LogP contribution in [0.4, 0.5) is 5.69 Å². The summed E-state index contributed by atoms with van der Waals surface area (Å²) in [5, 5.41) is 11.9. The molecule has 0 amide bonds. The van der Waals surface area contributed by atoms with E-state index in [0.717, 1.165) is 82.4 Å². The topological polar surface area (TPSA) is 179 Å². The normalized spacial score (nSPS) is 10.6. The molecule has 2 aromatic carbocycles. The zero-order valence-corrected chi connectivity index (χ0v) is 51.8. The molecule has 1 aliphatic carbocycles. The number of rotatable bonds is 15. The first-order valence-electron chi connectivity index (χ1n) is 28.7. The maximum absolute atomic E-state index is 12.1. The summed E-state index contributed by atoms with van der Waals surface area (Å²) >= 11 is 1.06. The number of unbranched alkanes of at least 4 members (excludes halogenated alkanes) is 8. The summed E-state index contributed by atoms with van der Waals surface area (Å²) < 4.78 is 16.9. The molecule has 0 unspecified atom stereocenters. The number of hydrogen-bond donors (Lipinski definition) is 1. The van der Waals surface area contributed by atoms with Crippen LogP contribution in [-0.4, -0.2) is 67.2 Å². The van der Waals surface area contributed by atoms with Crippen LogP contribution in [0.1, 0.15) is 194 Å². The van der Waals surface area contributed by atoms with E-state index >= 15 is 0 Å². The van der Waals surface area contributed by atoms with Gasteiger partial charge in [-0.05, 0) is 106 Å². The third-order valence-corrected chi connectivity index (χ3v) is 12.6. The number of anilines is 1. The first kappa shape index (κ1) is 69.5. The Kier molecular flexibility index (Phi) is 34.5. The van der Waals surface area contributed by atoms with Crippen molar-refractivity contribution in [2.75, 3.05) is 31.1 Å². The molecule has 0 radical (unpaired) electrons. The number of aromatic nitrogens is 8. The Morgan fingerprint density at radius 1 is 0.525 bits per heavy atom. The zero-order chi connectivity index (χ0) is 58.0. The summed E-state index contributed by atoms with van der Waals surface area (Å²) in [5.41, 5.74) is 6.77. The Balaban J connectivity index is 0.000000403.